The number of aromatic nitrogens is 2. The molecule has 23 heavy (non-hydrogen) atoms. The van der Waals surface area contributed by atoms with Crippen LogP contribution in [0.5, 0.6) is 0 Å². The summed E-state index contributed by atoms with van der Waals surface area (Å²) in [6, 6.07) is 14.8. The number of aryl methyl sites for hydroxylation is 1. The van der Waals surface area contributed by atoms with Gasteiger partial charge in [0.1, 0.15) is 0 Å². The van der Waals surface area contributed by atoms with Crippen molar-refractivity contribution in [2.45, 2.75) is 45.3 Å². The second-order valence-electron chi connectivity index (χ2n) is 6.49. The van der Waals surface area contributed by atoms with E-state index < -0.39 is 0 Å². The Morgan fingerprint density at radius 3 is 2.87 bits per heavy atom. The standard InChI is InChI=1S/C20H22N2O/c1-14-11-16-12-15(9-10-20(16)21-14)19-8-4-5-17(22-19)13-23-18-6-2-3-7-18/h4-5,8-12,18,21H,2-3,6-7,13H2,1H3. The Bertz CT molecular complexity index is 815. The van der Waals surface area contributed by atoms with E-state index >= 15 is 0 Å². The van der Waals surface area contributed by atoms with Crippen molar-refractivity contribution in [2.75, 3.05) is 0 Å². The van der Waals surface area contributed by atoms with Crippen molar-refractivity contribution < 1.29 is 4.74 Å². The molecule has 0 saturated heterocycles. The molecule has 0 bridgehead atoms. The van der Waals surface area contributed by atoms with E-state index in [4.69, 9.17) is 9.72 Å². The predicted molar refractivity (Wildman–Crippen MR) is 93.3 cm³/mol. The number of benzene rings is 1. The van der Waals surface area contributed by atoms with E-state index in [1.807, 2.05) is 0 Å². The van der Waals surface area contributed by atoms with Crippen LogP contribution in [-0.4, -0.2) is 16.1 Å². The topological polar surface area (TPSA) is 37.9 Å². The number of ether oxygens (including phenoxy) is 1. The Hall–Kier alpha value is -2.13. The van der Waals surface area contributed by atoms with Gasteiger partial charge in [0.05, 0.1) is 24.1 Å². The van der Waals surface area contributed by atoms with Crippen LogP contribution in [-0.2, 0) is 11.3 Å². The fourth-order valence-corrected chi connectivity index (χ4v) is 3.42. The summed E-state index contributed by atoms with van der Waals surface area (Å²) in [5.41, 5.74) is 5.54. The Kier molecular flexibility index (Phi) is 3.88. The molecule has 2 aromatic heterocycles. The first kappa shape index (κ1) is 14.5. The Labute approximate surface area is 136 Å². The molecule has 0 unspecified atom stereocenters. The van der Waals surface area contributed by atoms with Crippen molar-refractivity contribution in [1.29, 1.82) is 0 Å². The van der Waals surface area contributed by atoms with Gasteiger partial charge in [0.15, 0.2) is 0 Å². The quantitative estimate of drug-likeness (QED) is 0.736. The number of rotatable bonds is 4. The third-order valence-corrected chi connectivity index (χ3v) is 4.63. The number of fused-ring (bicyclic) bond motifs is 1. The lowest BCUT2D eigenvalue weighted by Gasteiger charge is -2.11. The lowest BCUT2D eigenvalue weighted by Crippen LogP contribution is -2.08. The van der Waals surface area contributed by atoms with E-state index in [1.165, 1.54) is 42.3 Å². The van der Waals surface area contributed by atoms with Gasteiger partial charge in [-0.2, -0.15) is 0 Å². The van der Waals surface area contributed by atoms with E-state index in [0.29, 0.717) is 12.7 Å². The lowest BCUT2D eigenvalue weighted by atomic mass is 10.1. The molecule has 1 aliphatic rings. The van der Waals surface area contributed by atoms with Crippen molar-refractivity contribution in [2.24, 2.45) is 0 Å². The highest BCUT2D eigenvalue weighted by Gasteiger charge is 2.15. The van der Waals surface area contributed by atoms with Crippen molar-refractivity contribution in [1.82, 2.24) is 9.97 Å². The molecule has 3 aromatic rings. The summed E-state index contributed by atoms with van der Waals surface area (Å²) < 4.78 is 5.99. The lowest BCUT2D eigenvalue weighted by molar-refractivity contribution is 0.0438. The maximum absolute atomic E-state index is 5.99. The fourth-order valence-electron chi connectivity index (χ4n) is 3.42. The molecule has 1 aromatic carbocycles. The molecule has 0 aliphatic heterocycles. The molecule has 3 nitrogen and oxygen atoms in total. The minimum absolute atomic E-state index is 0.430. The van der Waals surface area contributed by atoms with Crippen LogP contribution in [0.2, 0.25) is 0 Å². The number of hydrogen-bond donors (Lipinski definition) is 1. The van der Waals surface area contributed by atoms with Gasteiger partial charge in [-0.1, -0.05) is 25.0 Å². The number of aromatic amines is 1. The summed E-state index contributed by atoms with van der Waals surface area (Å²) in [5.74, 6) is 0. The smallest absolute Gasteiger partial charge is 0.0891 e. The number of nitrogens with zero attached hydrogens (tertiary/aromatic N) is 1. The second kappa shape index (κ2) is 6.17. The van der Waals surface area contributed by atoms with Gasteiger partial charge in [-0.15, -0.1) is 0 Å². The Balaban J connectivity index is 1.56. The van der Waals surface area contributed by atoms with Crippen molar-refractivity contribution in [3.63, 3.8) is 0 Å². The highest BCUT2D eigenvalue weighted by atomic mass is 16.5. The molecule has 3 heteroatoms. The van der Waals surface area contributed by atoms with Gasteiger partial charge in [-0.3, -0.25) is 4.98 Å². The van der Waals surface area contributed by atoms with Crippen LogP contribution < -0.4 is 0 Å². The molecule has 0 atom stereocenters. The SMILES string of the molecule is Cc1cc2cc(-c3cccc(COC4CCCC4)n3)ccc2[nH]1. The molecule has 1 fully saturated rings. The second-order valence-corrected chi connectivity index (χ2v) is 6.49. The van der Waals surface area contributed by atoms with Crippen LogP contribution in [0.3, 0.4) is 0 Å². The number of nitrogens with one attached hydrogen (secondary N) is 1. The Morgan fingerprint density at radius 2 is 2.00 bits per heavy atom. The third kappa shape index (κ3) is 3.15. The zero-order chi connectivity index (χ0) is 15.6. The maximum Gasteiger partial charge on any atom is 0.0891 e. The predicted octanol–water partition coefficient (Wildman–Crippen LogP) is 5.00. The zero-order valence-corrected chi connectivity index (χ0v) is 13.5. The molecule has 0 spiro atoms. The van der Waals surface area contributed by atoms with E-state index in [2.05, 4.69) is 54.4 Å². The number of hydrogen-bond acceptors (Lipinski definition) is 2. The van der Waals surface area contributed by atoms with Crippen LogP contribution in [0.15, 0.2) is 42.5 Å². The minimum atomic E-state index is 0.430. The van der Waals surface area contributed by atoms with Crippen molar-refractivity contribution in [3.8, 4) is 11.3 Å². The van der Waals surface area contributed by atoms with E-state index in [9.17, 15) is 0 Å². The van der Waals surface area contributed by atoms with Crippen LogP contribution in [0.1, 0.15) is 37.1 Å². The van der Waals surface area contributed by atoms with Gasteiger partial charge < -0.3 is 9.72 Å². The molecule has 2 heterocycles. The average molecular weight is 306 g/mol. The summed E-state index contributed by atoms with van der Waals surface area (Å²) in [6.07, 6.45) is 5.43. The number of pyridine rings is 1. The van der Waals surface area contributed by atoms with Crippen LogP contribution in [0, 0.1) is 6.92 Å². The van der Waals surface area contributed by atoms with E-state index in [1.54, 1.807) is 0 Å². The third-order valence-electron chi connectivity index (χ3n) is 4.63. The highest BCUT2D eigenvalue weighted by Crippen LogP contribution is 2.25. The molecule has 1 N–H and O–H groups in total. The normalized spacial score (nSPS) is 15.5. The summed E-state index contributed by atoms with van der Waals surface area (Å²) in [7, 11) is 0. The average Bonchev–Trinajstić information content (AvgIpc) is 3.20. The van der Waals surface area contributed by atoms with Crippen LogP contribution >= 0.6 is 0 Å². The molecular formula is C20H22N2O. The molecule has 0 radical (unpaired) electrons. The van der Waals surface area contributed by atoms with Crippen molar-refractivity contribution >= 4 is 10.9 Å². The summed E-state index contributed by atoms with van der Waals surface area (Å²) in [5, 5.41) is 1.23. The number of H-pyrrole nitrogens is 1. The first-order valence-electron chi connectivity index (χ1n) is 8.45. The van der Waals surface area contributed by atoms with Gasteiger partial charge in [0.2, 0.25) is 0 Å². The van der Waals surface area contributed by atoms with Gasteiger partial charge in [0, 0.05) is 22.2 Å². The molecule has 118 valence electrons. The molecule has 1 aliphatic carbocycles. The van der Waals surface area contributed by atoms with Crippen LogP contribution in [0.25, 0.3) is 22.2 Å². The van der Waals surface area contributed by atoms with Gasteiger partial charge in [-0.05, 0) is 50.1 Å². The molecule has 4 rings (SSSR count). The monoisotopic (exact) mass is 306 g/mol. The van der Waals surface area contributed by atoms with Gasteiger partial charge in [-0.25, -0.2) is 0 Å². The largest absolute Gasteiger partial charge is 0.372 e. The first-order chi connectivity index (χ1) is 11.3. The maximum atomic E-state index is 5.99. The first-order valence-corrected chi connectivity index (χ1v) is 8.45. The van der Waals surface area contributed by atoms with Gasteiger partial charge in [0.25, 0.3) is 0 Å². The van der Waals surface area contributed by atoms with Gasteiger partial charge >= 0.3 is 0 Å². The van der Waals surface area contributed by atoms with Crippen LogP contribution in [0.4, 0.5) is 0 Å². The van der Waals surface area contributed by atoms with E-state index in [0.717, 1.165) is 17.0 Å². The molecular weight excluding hydrogens is 284 g/mol. The summed E-state index contributed by atoms with van der Waals surface area (Å²) >= 11 is 0. The Morgan fingerprint density at radius 1 is 1.13 bits per heavy atom. The fraction of sp³-hybridized carbons (Fsp3) is 0.350. The van der Waals surface area contributed by atoms with E-state index in [-0.39, 0.29) is 0 Å². The minimum Gasteiger partial charge on any atom is -0.372 e. The summed E-state index contributed by atoms with van der Waals surface area (Å²) in [6.45, 7) is 2.70. The molecule has 1 saturated carbocycles. The summed E-state index contributed by atoms with van der Waals surface area (Å²) in [4.78, 5) is 8.14. The molecule has 0 amide bonds. The van der Waals surface area contributed by atoms with Crippen molar-refractivity contribution in [3.05, 3.63) is 53.9 Å². The zero-order valence-electron chi connectivity index (χ0n) is 13.5. The highest BCUT2D eigenvalue weighted by molar-refractivity contribution is 5.85.